The van der Waals surface area contributed by atoms with Crippen LogP contribution in [0, 0.1) is 0 Å². The van der Waals surface area contributed by atoms with Crippen LogP contribution in [-0.2, 0) is 11.2 Å². The normalized spacial score (nSPS) is 17.6. The van der Waals surface area contributed by atoms with Gasteiger partial charge in [0.1, 0.15) is 11.5 Å². The van der Waals surface area contributed by atoms with Crippen molar-refractivity contribution in [2.75, 3.05) is 33.9 Å². The summed E-state index contributed by atoms with van der Waals surface area (Å²) in [5, 5.41) is 3.34. The lowest BCUT2D eigenvalue weighted by molar-refractivity contribution is -0.132. The molecule has 1 aromatic carbocycles. The van der Waals surface area contributed by atoms with E-state index in [1.807, 2.05) is 23.1 Å². The van der Waals surface area contributed by atoms with E-state index in [0.717, 1.165) is 36.7 Å². The molecule has 2 rings (SSSR count). The monoisotopic (exact) mass is 328 g/mol. The molecule has 1 aromatic rings. The van der Waals surface area contributed by atoms with E-state index >= 15 is 0 Å². The van der Waals surface area contributed by atoms with Gasteiger partial charge in [-0.2, -0.15) is 0 Å². The summed E-state index contributed by atoms with van der Waals surface area (Å²) in [4.78, 5) is 14.2. The maximum Gasteiger partial charge on any atom is 0.223 e. The second-order valence-corrected chi connectivity index (χ2v) is 5.37. The molecule has 1 N–H and O–H groups in total. The van der Waals surface area contributed by atoms with Gasteiger partial charge in [0.25, 0.3) is 0 Å². The molecular formula is C16H25ClN2O3. The SMILES string of the molecule is COc1ccc(OC)c(CCC(=O)N2CCNC(C)C2)c1.Cl. The number of carbonyl (C=O) groups is 1. The lowest BCUT2D eigenvalue weighted by atomic mass is 10.1. The third-order valence-electron chi connectivity index (χ3n) is 3.82. The molecule has 124 valence electrons. The van der Waals surface area contributed by atoms with Crippen molar-refractivity contribution < 1.29 is 14.3 Å². The predicted molar refractivity (Wildman–Crippen MR) is 89.2 cm³/mol. The smallest absolute Gasteiger partial charge is 0.223 e. The predicted octanol–water partition coefficient (Wildman–Crippen LogP) is 1.88. The molecule has 1 unspecified atom stereocenters. The van der Waals surface area contributed by atoms with Gasteiger partial charge in [-0.15, -0.1) is 12.4 Å². The highest BCUT2D eigenvalue weighted by Crippen LogP contribution is 2.25. The van der Waals surface area contributed by atoms with E-state index in [1.165, 1.54) is 0 Å². The minimum Gasteiger partial charge on any atom is -0.497 e. The quantitative estimate of drug-likeness (QED) is 0.896. The molecule has 0 saturated carbocycles. The van der Waals surface area contributed by atoms with Crippen LogP contribution in [0.4, 0.5) is 0 Å². The highest BCUT2D eigenvalue weighted by molar-refractivity contribution is 5.85. The van der Waals surface area contributed by atoms with Crippen LogP contribution in [0.5, 0.6) is 11.5 Å². The van der Waals surface area contributed by atoms with E-state index in [0.29, 0.717) is 18.9 Å². The van der Waals surface area contributed by atoms with Crippen molar-refractivity contribution >= 4 is 18.3 Å². The summed E-state index contributed by atoms with van der Waals surface area (Å²) in [6.07, 6.45) is 1.16. The Kier molecular flexibility index (Phi) is 7.48. The molecule has 1 saturated heterocycles. The third-order valence-corrected chi connectivity index (χ3v) is 3.82. The van der Waals surface area contributed by atoms with Gasteiger partial charge in [-0.05, 0) is 37.1 Å². The van der Waals surface area contributed by atoms with Crippen molar-refractivity contribution in [2.24, 2.45) is 0 Å². The Morgan fingerprint density at radius 3 is 2.77 bits per heavy atom. The lowest BCUT2D eigenvalue weighted by Gasteiger charge is -2.32. The Bertz CT molecular complexity index is 496. The molecular weight excluding hydrogens is 304 g/mol. The van der Waals surface area contributed by atoms with Gasteiger partial charge in [0.05, 0.1) is 14.2 Å². The number of hydrogen-bond donors (Lipinski definition) is 1. The van der Waals surface area contributed by atoms with E-state index in [2.05, 4.69) is 12.2 Å². The van der Waals surface area contributed by atoms with Crippen LogP contribution in [0.3, 0.4) is 0 Å². The van der Waals surface area contributed by atoms with Crippen LogP contribution in [0.15, 0.2) is 18.2 Å². The number of aryl methyl sites for hydroxylation is 1. The number of carbonyl (C=O) groups excluding carboxylic acids is 1. The number of methoxy groups -OCH3 is 2. The minimum absolute atomic E-state index is 0. The molecule has 5 nitrogen and oxygen atoms in total. The topological polar surface area (TPSA) is 50.8 Å². The lowest BCUT2D eigenvalue weighted by Crippen LogP contribution is -2.51. The molecule has 1 aliphatic rings. The molecule has 1 heterocycles. The standard InChI is InChI=1S/C16H24N2O3.ClH/c1-12-11-18(9-8-17-12)16(19)7-4-13-10-14(20-2)5-6-15(13)21-3;/h5-6,10,12,17H,4,7-9,11H2,1-3H3;1H. The summed E-state index contributed by atoms with van der Waals surface area (Å²) in [5.41, 5.74) is 1.01. The van der Waals surface area contributed by atoms with Gasteiger partial charge < -0.3 is 19.7 Å². The van der Waals surface area contributed by atoms with Gasteiger partial charge in [-0.1, -0.05) is 0 Å². The fraction of sp³-hybridized carbons (Fsp3) is 0.562. The molecule has 22 heavy (non-hydrogen) atoms. The van der Waals surface area contributed by atoms with Crippen molar-refractivity contribution in [1.29, 1.82) is 0 Å². The van der Waals surface area contributed by atoms with Gasteiger partial charge in [0, 0.05) is 32.1 Å². The Labute approximate surface area is 138 Å². The van der Waals surface area contributed by atoms with Crippen molar-refractivity contribution in [1.82, 2.24) is 10.2 Å². The molecule has 0 aromatic heterocycles. The summed E-state index contributed by atoms with van der Waals surface area (Å²) in [5.74, 6) is 1.79. The molecule has 1 atom stereocenters. The summed E-state index contributed by atoms with van der Waals surface area (Å²) in [6, 6.07) is 6.05. The zero-order valence-corrected chi connectivity index (χ0v) is 14.2. The second kappa shape index (κ2) is 8.86. The first-order valence-corrected chi connectivity index (χ1v) is 7.36. The Morgan fingerprint density at radius 1 is 1.36 bits per heavy atom. The number of ether oxygens (including phenoxy) is 2. The number of nitrogens with one attached hydrogen (secondary N) is 1. The van der Waals surface area contributed by atoms with Gasteiger partial charge in [-0.3, -0.25) is 4.79 Å². The maximum atomic E-state index is 12.3. The van der Waals surface area contributed by atoms with Gasteiger partial charge in [0.2, 0.25) is 5.91 Å². The van der Waals surface area contributed by atoms with E-state index < -0.39 is 0 Å². The summed E-state index contributed by atoms with van der Waals surface area (Å²) in [7, 11) is 3.28. The highest BCUT2D eigenvalue weighted by Gasteiger charge is 2.20. The molecule has 0 radical (unpaired) electrons. The molecule has 1 amide bonds. The van der Waals surface area contributed by atoms with Gasteiger partial charge in [-0.25, -0.2) is 0 Å². The Hall–Kier alpha value is -1.46. The zero-order valence-electron chi connectivity index (χ0n) is 13.4. The molecule has 0 bridgehead atoms. The maximum absolute atomic E-state index is 12.3. The van der Waals surface area contributed by atoms with Crippen LogP contribution in [0.25, 0.3) is 0 Å². The largest absolute Gasteiger partial charge is 0.497 e. The van der Waals surface area contributed by atoms with Crippen molar-refractivity contribution in [3.63, 3.8) is 0 Å². The summed E-state index contributed by atoms with van der Waals surface area (Å²) >= 11 is 0. The van der Waals surface area contributed by atoms with E-state index in [9.17, 15) is 4.79 Å². The average molecular weight is 329 g/mol. The van der Waals surface area contributed by atoms with E-state index in [1.54, 1.807) is 14.2 Å². The number of halogens is 1. The number of nitrogens with zero attached hydrogens (tertiary/aromatic N) is 1. The molecule has 1 fully saturated rings. The Morgan fingerprint density at radius 2 is 2.14 bits per heavy atom. The molecule has 0 spiro atoms. The Balaban J connectivity index is 0.00000242. The number of benzene rings is 1. The van der Waals surface area contributed by atoms with Gasteiger partial charge in [0.15, 0.2) is 0 Å². The zero-order chi connectivity index (χ0) is 15.2. The van der Waals surface area contributed by atoms with Gasteiger partial charge >= 0.3 is 0 Å². The summed E-state index contributed by atoms with van der Waals surface area (Å²) < 4.78 is 10.6. The number of piperazine rings is 1. The first-order chi connectivity index (χ1) is 10.1. The third kappa shape index (κ3) is 4.78. The molecule has 6 heteroatoms. The fourth-order valence-electron chi connectivity index (χ4n) is 2.64. The van der Waals surface area contributed by atoms with Crippen molar-refractivity contribution in [3.8, 4) is 11.5 Å². The van der Waals surface area contributed by atoms with Crippen LogP contribution in [0.1, 0.15) is 18.9 Å². The average Bonchev–Trinajstić information content (AvgIpc) is 2.52. The first kappa shape index (κ1) is 18.6. The van der Waals surface area contributed by atoms with E-state index in [4.69, 9.17) is 9.47 Å². The van der Waals surface area contributed by atoms with Crippen LogP contribution in [-0.4, -0.2) is 50.7 Å². The van der Waals surface area contributed by atoms with Crippen LogP contribution in [0.2, 0.25) is 0 Å². The second-order valence-electron chi connectivity index (χ2n) is 5.37. The van der Waals surface area contributed by atoms with Crippen LogP contribution >= 0.6 is 12.4 Å². The van der Waals surface area contributed by atoms with Crippen molar-refractivity contribution in [2.45, 2.75) is 25.8 Å². The van der Waals surface area contributed by atoms with Crippen LogP contribution < -0.4 is 14.8 Å². The first-order valence-electron chi connectivity index (χ1n) is 7.36. The fourth-order valence-corrected chi connectivity index (χ4v) is 2.64. The number of amides is 1. The summed E-state index contributed by atoms with van der Waals surface area (Å²) in [6.45, 7) is 4.55. The van der Waals surface area contributed by atoms with Crippen molar-refractivity contribution in [3.05, 3.63) is 23.8 Å². The van der Waals surface area contributed by atoms with E-state index in [-0.39, 0.29) is 18.3 Å². The number of hydrogen-bond acceptors (Lipinski definition) is 4. The minimum atomic E-state index is 0. The number of rotatable bonds is 5. The molecule has 1 aliphatic heterocycles. The highest BCUT2D eigenvalue weighted by atomic mass is 35.5. The molecule has 0 aliphatic carbocycles.